The van der Waals surface area contributed by atoms with E-state index in [9.17, 15) is 14.5 Å². The van der Waals surface area contributed by atoms with Crippen molar-refractivity contribution in [3.63, 3.8) is 0 Å². The van der Waals surface area contributed by atoms with Crippen molar-refractivity contribution in [2.24, 2.45) is 0 Å². The molecule has 0 aliphatic rings. The number of anilines is 1. The highest BCUT2D eigenvalue weighted by atomic mass is 19.1. The Balaban J connectivity index is 1.66. The van der Waals surface area contributed by atoms with Gasteiger partial charge in [-0.15, -0.1) is 0 Å². The third-order valence-electron chi connectivity index (χ3n) is 4.40. The molecule has 0 unspecified atom stereocenters. The summed E-state index contributed by atoms with van der Waals surface area (Å²) in [6.07, 6.45) is 5.25. The Labute approximate surface area is 165 Å². The number of pyridine rings is 1. The molecule has 0 bridgehead atoms. The van der Waals surface area contributed by atoms with E-state index in [4.69, 9.17) is 0 Å². The van der Waals surface area contributed by atoms with Crippen LogP contribution in [-0.2, 0) is 6.54 Å². The van der Waals surface area contributed by atoms with E-state index in [1.54, 1.807) is 17.1 Å². The molecule has 0 spiro atoms. The van der Waals surface area contributed by atoms with Crippen LogP contribution >= 0.6 is 0 Å². The molecule has 8 heteroatoms. The van der Waals surface area contributed by atoms with E-state index in [0.29, 0.717) is 6.54 Å². The summed E-state index contributed by atoms with van der Waals surface area (Å²) in [7, 11) is 0. The first-order valence-corrected chi connectivity index (χ1v) is 8.84. The molecule has 0 saturated carbocycles. The lowest BCUT2D eigenvalue weighted by molar-refractivity contribution is -0.385. The summed E-state index contributed by atoms with van der Waals surface area (Å²) in [5.41, 5.74) is 3.27. The lowest BCUT2D eigenvalue weighted by Gasteiger charge is -2.07. The fourth-order valence-corrected chi connectivity index (χ4v) is 2.96. The third-order valence-corrected chi connectivity index (χ3v) is 4.40. The van der Waals surface area contributed by atoms with Crippen molar-refractivity contribution in [2.75, 3.05) is 5.32 Å². The Morgan fingerprint density at radius 3 is 2.52 bits per heavy atom. The highest BCUT2D eigenvalue weighted by Crippen LogP contribution is 2.26. The van der Waals surface area contributed by atoms with Gasteiger partial charge >= 0.3 is 0 Å². The second-order valence-corrected chi connectivity index (χ2v) is 6.29. The van der Waals surface area contributed by atoms with E-state index >= 15 is 0 Å². The van der Waals surface area contributed by atoms with Crippen LogP contribution in [0.25, 0.3) is 16.9 Å². The number of nitro benzene ring substituents is 1. The first kappa shape index (κ1) is 18.3. The van der Waals surface area contributed by atoms with Gasteiger partial charge in [-0.1, -0.05) is 18.2 Å². The van der Waals surface area contributed by atoms with E-state index in [1.165, 1.54) is 12.1 Å². The van der Waals surface area contributed by atoms with Crippen molar-refractivity contribution in [1.82, 2.24) is 14.8 Å². The first-order valence-electron chi connectivity index (χ1n) is 8.84. The topological polar surface area (TPSA) is 85.9 Å². The van der Waals surface area contributed by atoms with Crippen LogP contribution in [0.5, 0.6) is 0 Å². The number of para-hydroxylation sites is 1. The summed E-state index contributed by atoms with van der Waals surface area (Å²) in [4.78, 5) is 14.2. The van der Waals surface area contributed by atoms with Crippen LogP contribution in [0.3, 0.4) is 0 Å². The maximum atomic E-state index is 14.2. The lowest BCUT2D eigenvalue weighted by atomic mass is 10.1. The predicted octanol–water partition coefficient (Wildman–Crippen LogP) is 4.59. The Bertz CT molecular complexity index is 1150. The number of hydrogen-bond donors (Lipinski definition) is 1. The number of aromatic nitrogens is 3. The van der Waals surface area contributed by atoms with Crippen molar-refractivity contribution < 1.29 is 9.31 Å². The molecule has 4 rings (SSSR count). The summed E-state index contributed by atoms with van der Waals surface area (Å²) < 4.78 is 16.0. The summed E-state index contributed by atoms with van der Waals surface area (Å²) in [6.45, 7) is 0.291. The van der Waals surface area contributed by atoms with Gasteiger partial charge < -0.3 is 5.32 Å². The average Bonchev–Trinajstić information content (AvgIpc) is 3.18. The number of nitro groups is 1. The van der Waals surface area contributed by atoms with E-state index in [0.717, 1.165) is 28.6 Å². The van der Waals surface area contributed by atoms with Crippen molar-refractivity contribution in [1.29, 1.82) is 0 Å². The fourth-order valence-electron chi connectivity index (χ4n) is 2.96. The number of non-ortho nitro benzene ring substituents is 1. The Morgan fingerprint density at radius 1 is 1.07 bits per heavy atom. The van der Waals surface area contributed by atoms with Gasteiger partial charge in [0.25, 0.3) is 5.69 Å². The zero-order valence-electron chi connectivity index (χ0n) is 15.2. The van der Waals surface area contributed by atoms with E-state index in [1.807, 2.05) is 48.7 Å². The molecule has 29 heavy (non-hydrogen) atoms. The van der Waals surface area contributed by atoms with Crippen molar-refractivity contribution in [3.05, 3.63) is 101 Å². The molecule has 0 aliphatic heterocycles. The Morgan fingerprint density at radius 2 is 1.83 bits per heavy atom. The molecule has 0 fully saturated rings. The van der Waals surface area contributed by atoms with E-state index in [-0.39, 0.29) is 11.4 Å². The van der Waals surface area contributed by atoms with Gasteiger partial charge in [0.1, 0.15) is 0 Å². The number of benzene rings is 2. The monoisotopic (exact) mass is 389 g/mol. The van der Waals surface area contributed by atoms with E-state index in [2.05, 4.69) is 15.4 Å². The van der Waals surface area contributed by atoms with Crippen molar-refractivity contribution >= 4 is 11.4 Å². The van der Waals surface area contributed by atoms with E-state index < -0.39 is 10.7 Å². The molecule has 2 aromatic carbocycles. The van der Waals surface area contributed by atoms with Crippen LogP contribution in [-0.4, -0.2) is 19.7 Å². The minimum absolute atomic E-state index is 0.184. The number of rotatable bonds is 6. The van der Waals surface area contributed by atoms with Gasteiger partial charge in [0.05, 0.1) is 28.1 Å². The van der Waals surface area contributed by atoms with Crippen LogP contribution in [0.1, 0.15) is 5.56 Å². The molecular weight excluding hydrogens is 373 g/mol. The molecule has 0 amide bonds. The molecule has 2 aromatic heterocycles. The molecule has 0 aliphatic carbocycles. The molecule has 2 heterocycles. The molecule has 7 nitrogen and oxygen atoms in total. The quantitative estimate of drug-likeness (QED) is 0.385. The number of nitrogens with one attached hydrogen (secondary N) is 1. The standard InChI is InChI=1S/C21H16FN5O2/c22-19-12-18(27(28)29)6-7-20(19)24-13-16-14-26(17-4-2-1-3-5-17)25-21(16)15-8-10-23-11-9-15/h1-12,14,24H,13H2. The van der Waals surface area contributed by atoms with Gasteiger partial charge in [-0.3, -0.25) is 15.1 Å². The lowest BCUT2D eigenvalue weighted by Crippen LogP contribution is -2.02. The zero-order valence-corrected chi connectivity index (χ0v) is 15.2. The smallest absolute Gasteiger partial charge is 0.272 e. The maximum Gasteiger partial charge on any atom is 0.272 e. The Hall–Kier alpha value is -4.07. The van der Waals surface area contributed by atoms with Gasteiger partial charge in [-0.2, -0.15) is 5.10 Å². The zero-order chi connectivity index (χ0) is 20.2. The molecule has 0 atom stereocenters. The van der Waals surface area contributed by atoms with Gasteiger partial charge in [0.2, 0.25) is 0 Å². The van der Waals surface area contributed by atoms with Crippen molar-refractivity contribution in [2.45, 2.75) is 6.54 Å². The average molecular weight is 389 g/mol. The highest BCUT2D eigenvalue weighted by Gasteiger charge is 2.14. The molecule has 144 valence electrons. The Kier molecular flexibility index (Phi) is 4.98. The largest absolute Gasteiger partial charge is 0.378 e. The fraction of sp³-hybridized carbons (Fsp3) is 0.0476. The summed E-state index contributed by atoms with van der Waals surface area (Å²) in [5, 5.41) is 18.5. The van der Waals surface area contributed by atoms with Crippen LogP contribution in [0, 0.1) is 15.9 Å². The van der Waals surface area contributed by atoms with Crippen LogP contribution < -0.4 is 5.32 Å². The van der Waals surface area contributed by atoms with Crippen molar-refractivity contribution in [3.8, 4) is 16.9 Å². The molecule has 0 saturated heterocycles. The molecule has 0 radical (unpaired) electrons. The summed E-state index contributed by atoms with van der Waals surface area (Å²) in [5.74, 6) is -0.680. The minimum Gasteiger partial charge on any atom is -0.378 e. The normalized spacial score (nSPS) is 10.7. The summed E-state index contributed by atoms with van der Waals surface area (Å²) in [6, 6.07) is 16.9. The predicted molar refractivity (Wildman–Crippen MR) is 107 cm³/mol. The van der Waals surface area contributed by atoms with Gasteiger partial charge in [0, 0.05) is 42.3 Å². The number of halogens is 1. The maximum absolute atomic E-state index is 14.2. The first-order chi connectivity index (χ1) is 14.1. The van der Waals surface area contributed by atoms with Gasteiger partial charge in [-0.05, 0) is 30.3 Å². The highest BCUT2D eigenvalue weighted by molar-refractivity contribution is 5.63. The van der Waals surface area contributed by atoms with Crippen LogP contribution in [0.15, 0.2) is 79.3 Å². The van der Waals surface area contributed by atoms with Gasteiger partial charge in [-0.25, -0.2) is 9.07 Å². The molecule has 4 aromatic rings. The SMILES string of the molecule is O=[N+]([O-])c1ccc(NCc2cn(-c3ccccc3)nc2-c2ccncc2)c(F)c1. The molecule has 1 N–H and O–H groups in total. The second-order valence-electron chi connectivity index (χ2n) is 6.29. The second kappa shape index (κ2) is 7.89. The molecular formula is C21H16FN5O2. The number of hydrogen-bond acceptors (Lipinski definition) is 5. The van der Waals surface area contributed by atoms with Crippen LogP contribution in [0.4, 0.5) is 15.8 Å². The third kappa shape index (κ3) is 3.96. The summed E-state index contributed by atoms with van der Waals surface area (Å²) >= 11 is 0. The number of nitrogens with zero attached hydrogens (tertiary/aromatic N) is 4. The van der Waals surface area contributed by atoms with Crippen LogP contribution in [0.2, 0.25) is 0 Å². The van der Waals surface area contributed by atoms with Gasteiger partial charge in [0.15, 0.2) is 5.82 Å². The minimum atomic E-state index is -0.680.